The van der Waals surface area contributed by atoms with Gasteiger partial charge in [0.1, 0.15) is 0 Å². The van der Waals surface area contributed by atoms with Crippen molar-refractivity contribution in [3.63, 3.8) is 0 Å². The maximum atomic E-state index is 4.36. The number of nitrogens with one attached hydrogen (secondary N) is 1. The van der Waals surface area contributed by atoms with Gasteiger partial charge in [0.25, 0.3) is 0 Å². The second kappa shape index (κ2) is 4.80. The van der Waals surface area contributed by atoms with Gasteiger partial charge in [0, 0.05) is 18.3 Å². The van der Waals surface area contributed by atoms with Gasteiger partial charge in [-0.05, 0) is 43.7 Å². The summed E-state index contributed by atoms with van der Waals surface area (Å²) in [4.78, 5) is 4.36. The second-order valence-electron chi connectivity index (χ2n) is 4.72. The van der Waals surface area contributed by atoms with Gasteiger partial charge >= 0.3 is 0 Å². The van der Waals surface area contributed by atoms with Crippen LogP contribution in [-0.4, -0.2) is 27.6 Å². The lowest BCUT2D eigenvalue weighted by atomic mass is 10.1. The van der Waals surface area contributed by atoms with Crippen LogP contribution in [0.4, 0.5) is 0 Å². The minimum Gasteiger partial charge on any atom is -0.330 e. The maximum absolute atomic E-state index is 4.36. The minimum atomic E-state index is 0.553. The van der Waals surface area contributed by atoms with E-state index in [0.29, 0.717) is 12.1 Å². The third kappa shape index (κ3) is 2.00. The van der Waals surface area contributed by atoms with Crippen molar-refractivity contribution >= 4 is 11.8 Å². The van der Waals surface area contributed by atoms with Crippen LogP contribution < -0.4 is 5.32 Å². The molecule has 1 aromatic rings. The molecule has 2 saturated heterocycles. The molecule has 16 heavy (non-hydrogen) atoms. The zero-order valence-corrected chi connectivity index (χ0v) is 10.4. The molecule has 3 rings (SSSR count). The fourth-order valence-corrected chi connectivity index (χ4v) is 3.87. The Kier molecular flexibility index (Phi) is 3.20. The molecule has 0 saturated carbocycles. The van der Waals surface area contributed by atoms with Crippen LogP contribution in [0.2, 0.25) is 0 Å². The summed E-state index contributed by atoms with van der Waals surface area (Å²) in [5.41, 5.74) is 1.41. The Bertz CT molecular complexity index is 338. The van der Waals surface area contributed by atoms with Crippen LogP contribution in [0.3, 0.4) is 0 Å². The third-order valence-corrected chi connectivity index (χ3v) is 4.75. The Morgan fingerprint density at radius 2 is 2.19 bits per heavy atom. The molecule has 0 amide bonds. The van der Waals surface area contributed by atoms with Crippen LogP contribution in [0, 0.1) is 0 Å². The van der Waals surface area contributed by atoms with Crippen LogP contribution >= 0.6 is 11.8 Å². The van der Waals surface area contributed by atoms with E-state index in [4.69, 9.17) is 0 Å². The van der Waals surface area contributed by atoms with Crippen LogP contribution in [0.5, 0.6) is 0 Å². The number of hydrogen-bond acceptors (Lipinski definition) is 3. The Morgan fingerprint density at radius 1 is 1.31 bits per heavy atom. The first-order valence-electron chi connectivity index (χ1n) is 6.28. The van der Waals surface area contributed by atoms with E-state index in [1.54, 1.807) is 0 Å². The molecule has 2 aliphatic rings. The monoisotopic (exact) mass is 237 g/mol. The first-order valence-corrected chi connectivity index (χ1v) is 7.43. The molecular weight excluding hydrogens is 218 g/mol. The normalized spacial score (nSPS) is 27.4. The molecule has 88 valence electrons. The van der Waals surface area contributed by atoms with E-state index < -0.39 is 0 Å². The van der Waals surface area contributed by atoms with Gasteiger partial charge in [-0.1, -0.05) is 0 Å². The fraction of sp³-hybridized carbons (Fsp3) is 0.750. The van der Waals surface area contributed by atoms with E-state index in [9.17, 15) is 0 Å². The standard InChI is InChI=1S/C12H19N3S/c1-2-11(14-5-1)12-8-13-9-15(12)10-3-6-16-7-4-10/h8-11,14H,1-7H2/t11-/m0/s1. The van der Waals surface area contributed by atoms with Crippen LogP contribution in [0.1, 0.15) is 43.5 Å². The smallest absolute Gasteiger partial charge is 0.0951 e. The summed E-state index contributed by atoms with van der Waals surface area (Å²) < 4.78 is 2.43. The van der Waals surface area contributed by atoms with E-state index in [1.165, 1.54) is 42.9 Å². The predicted molar refractivity (Wildman–Crippen MR) is 67.8 cm³/mol. The van der Waals surface area contributed by atoms with Gasteiger partial charge in [0.2, 0.25) is 0 Å². The summed E-state index contributed by atoms with van der Waals surface area (Å²) in [6.07, 6.45) is 9.28. The quantitative estimate of drug-likeness (QED) is 0.856. The lowest BCUT2D eigenvalue weighted by Crippen LogP contribution is -2.21. The van der Waals surface area contributed by atoms with Gasteiger partial charge in [-0.2, -0.15) is 11.8 Å². The second-order valence-corrected chi connectivity index (χ2v) is 5.94. The highest BCUT2D eigenvalue weighted by atomic mass is 32.2. The van der Waals surface area contributed by atoms with E-state index in [2.05, 4.69) is 32.8 Å². The van der Waals surface area contributed by atoms with Crippen LogP contribution in [-0.2, 0) is 0 Å². The summed E-state index contributed by atoms with van der Waals surface area (Å²) in [5.74, 6) is 2.61. The van der Waals surface area contributed by atoms with Crippen molar-refractivity contribution in [2.45, 2.75) is 37.8 Å². The number of aromatic nitrogens is 2. The van der Waals surface area contributed by atoms with Crippen molar-refractivity contribution in [3.8, 4) is 0 Å². The van der Waals surface area contributed by atoms with Gasteiger partial charge in [-0.15, -0.1) is 0 Å². The molecule has 2 fully saturated rings. The molecule has 0 aliphatic carbocycles. The van der Waals surface area contributed by atoms with Gasteiger partial charge in [-0.25, -0.2) is 4.98 Å². The molecule has 3 heterocycles. The minimum absolute atomic E-state index is 0.553. The Labute approximate surface area is 101 Å². The number of imidazole rings is 1. The average Bonchev–Trinajstić information content (AvgIpc) is 3.01. The molecule has 1 aromatic heterocycles. The highest BCUT2D eigenvalue weighted by Gasteiger charge is 2.24. The molecule has 0 radical (unpaired) electrons. The molecule has 1 atom stereocenters. The first-order chi connectivity index (χ1) is 7.95. The topological polar surface area (TPSA) is 29.9 Å². The van der Waals surface area contributed by atoms with Gasteiger partial charge < -0.3 is 9.88 Å². The lowest BCUT2D eigenvalue weighted by molar-refractivity contribution is 0.436. The summed E-state index contributed by atoms with van der Waals surface area (Å²) in [6.45, 7) is 1.16. The zero-order valence-electron chi connectivity index (χ0n) is 9.56. The van der Waals surface area contributed by atoms with Crippen molar-refractivity contribution in [1.82, 2.24) is 14.9 Å². The van der Waals surface area contributed by atoms with Gasteiger partial charge in [0.15, 0.2) is 0 Å². The van der Waals surface area contributed by atoms with Crippen molar-refractivity contribution in [2.24, 2.45) is 0 Å². The largest absolute Gasteiger partial charge is 0.330 e. The van der Waals surface area contributed by atoms with Crippen molar-refractivity contribution in [1.29, 1.82) is 0 Å². The molecule has 0 bridgehead atoms. The summed E-state index contributed by atoms with van der Waals surface area (Å²) in [6, 6.07) is 1.25. The molecule has 2 aliphatic heterocycles. The zero-order chi connectivity index (χ0) is 10.8. The first kappa shape index (κ1) is 10.7. The van der Waals surface area contributed by atoms with E-state index in [0.717, 1.165) is 6.54 Å². The van der Waals surface area contributed by atoms with Crippen LogP contribution in [0.15, 0.2) is 12.5 Å². The van der Waals surface area contributed by atoms with Crippen molar-refractivity contribution < 1.29 is 0 Å². The average molecular weight is 237 g/mol. The Balaban J connectivity index is 1.80. The maximum Gasteiger partial charge on any atom is 0.0951 e. The number of rotatable bonds is 2. The molecular formula is C12H19N3S. The molecule has 4 heteroatoms. The third-order valence-electron chi connectivity index (χ3n) is 3.70. The number of nitrogens with zero attached hydrogens (tertiary/aromatic N) is 2. The Morgan fingerprint density at radius 3 is 2.94 bits per heavy atom. The SMILES string of the molecule is c1ncn(C2CCSCC2)c1[C@@H]1CCCN1. The Hall–Kier alpha value is -0.480. The highest BCUT2D eigenvalue weighted by molar-refractivity contribution is 7.99. The predicted octanol–water partition coefficient (Wildman–Crippen LogP) is 2.38. The van der Waals surface area contributed by atoms with Gasteiger partial charge in [-0.3, -0.25) is 0 Å². The molecule has 0 unspecified atom stereocenters. The van der Waals surface area contributed by atoms with E-state index in [1.807, 2.05) is 6.33 Å². The van der Waals surface area contributed by atoms with E-state index >= 15 is 0 Å². The van der Waals surface area contributed by atoms with E-state index in [-0.39, 0.29) is 0 Å². The van der Waals surface area contributed by atoms with Crippen molar-refractivity contribution in [2.75, 3.05) is 18.1 Å². The molecule has 3 nitrogen and oxygen atoms in total. The lowest BCUT2D eigenvalue weighted by Gasteiger charge is -2.26. The number of thioether (sulfide) groups is 1. The van der Waals surface area contributed by atoms with Crippen molar-refractivity contribution in [3.05, 3.63) is 18.2 Å². The van der Waals surface area contributed by atoms with Crippen LogP contribution in [0.25, 0.3) is 0 Å². The fourth-order valence-electron chi connectivity index (χ4n) is 2.79. The summed E-state index contributed by atoms with van der Waals surface area (Å²) >= 11 is 2.08. The molecule has 0 aromatic carbocycles. The van der Waals surface area contributed by atoms with Gasteiger partial charge in [0.05, 0.1) is 12.0 Å². The molecule has 0 spiro atoms. The summed E-state index contributed by atoms with van der Waals surface area (Å²) in [7, 11) is 0. The number of hydrogen-bond donors (Lipinski definition) is 1. The molecule has 1 N–H and O–H groups in total. The summed E-state index contributed by atoms with van der Waals surface area (Å²) in [5, 5.41) is 3.57. The highest BCUT2D eigenvalue weighted by Crippen LogP contribution is 2.31.